The Balaban J connectivity index is 1.20. The molecule has 0 N–H and O–H groups in total. The number of fused-ring (bicyclic) bond motifs is 2. The van der Waals surface area contributed by atoms with Crippen LogP contribution < -0.4 is 9.64 Å². The smallest absolute Gasteiger partial charge is 0.316 e. The van der Waals surface area contributed by atoms with Crippen molar-refractivity contribution < 1.29 is 4.74 Å². The SMILES string of the molecule is Cc1nc(OC[C@@H]2CCCN2CC2CC2)nc2c1CCN(c1cccc3ccccc13)C2. The van der Waals surface area contributed by atoms with Gasteiger partial charge in [0.2, 0.25) is 0 Å². The highest BCUT2D eigenvalue weighted by Gasteiger charge is 2.31. The molecule has 0 radical (unpaired) electrons. The predicted octanol–water partition coefficient (Wildman–Crippen LogP) is 4.75. The number of likely N-dealkylation sites (tertiary alicyclic amines) is 1. The van der Waals surface area contributed by atoms with Gasteiger partial charge in [0.1, 0.15) is 6.61 Å². The van der Waals surface area contributed by atoms with Gasteiger partial charge in [-0.05, 0) is 68.5 Å². The van der Waals surface area contributed by atoms with Crippen molar-refractivity contribution >= 4 is 16.5 Å². The number of anilines is 1. The fraction of sp³-hybridized carbons (Fsp3) is 0.481. The van der Waals surface area contributed by atoms with Crippen molar-refractivity contribution in [1.29, 1.82) is 0 Å². The van der Waals surface area contributed by atoms with Crippen LogP contribution in [0.2, 0.25) is 0 Å². The minimum Gasteiger partial charge on any atom is -0.462 e. The molecule has 2 fully saturated rings. The maximum Gasteiger partial charge on any atom is 0.316 e. The zero-order valence-corrected chi connectivity index (χ0v) is 19.0. The summed E-state index contributed by atoms with van der Waals surface area (Å²) in [4.78, 5) is 14.7. The summed E-state index contributed by atoms with van der Waals surface area (Å²) in [5, 5.41) is 2.59. The van der Waals surface area contributed by atoms with Crippen LogP contribution in [0.15, 0.2) is 42.5 Å². The van der Waals surface area contributed by atoms with Crippen LogP contribution in [0.4, 0.5) is 5.69 Å². The molecule has 1 atom stereocenters. The largest absolute Gasteiger partial charge is 0.462 e. The van der Waals surface area contributed by atoms with Gasteiger partial charge in [0, 0.05) is 35.9 Å². The molecule has 1 saturated heterocycles. The molecule has 1 saturated carbocycles. The van der Waals surface area contributed by atoms with E-state index in [9.17, 15) is 0 Å². The van der Waals surface area contributed by atoms with Crippen molar-refractivity contribution in [1.82, 2.24) is 14.9 Å². The molecule has 5 nitrogen and oxygen atoms in total. The molecular formula is C27H32N4O. The Morgan fingerprint density at radius 1 is 1.00 bits per heavy atom. The third kappa shape index (κ3) is 3.95. The second-order valence-corrected chi connectivity index (χ2v) is 9.73. The Hall–Kier alpha value is -2.66. The van der Waals surface area contributed by atoms with Crippen LogP contribution in [0.3, 0.4) is 0 Å². The Labute approximate surface area is 190 Å². The van der Waals surface area contributed by atoms with E-state index >= 15 is 0 Å². The second kappa shape index (κ2) is 8.36. The van der Waals surface area contributed by atoms with Gasteiger partial charge in [0.25, 0.3) is 0 Å². The molecule has 1 aromatic heterocycles. The third-order valence-electron chi connectivity index (χ3n) is 7.45. The molecule has 0 spiro atoms. The number of hydrogen-bond acceptors (Lipinski definition) is 5. The monoisotopic (exact) mass is 428 g/mol. The molecule has 3 heterocycles. The van der Waals surface area contributed by atoms with E-state index in [4.69, 9.17) is 14.7 Å². The number of aromatic nitrogens is 2. The number of benzene rings is 2. The van der Waals surface area contributed by atoms with Gasteiger partial charge in [-0.15, -0.1) is 0 Å². The second-order valence-electron chi connectivity index (χ2n) is 9.73. The summed E-state index contributed by atoms with van der Waals surface area (Å²) < 4.78 is 6.20. The van der Waals surface area contributed by atoms with E-state index in [-0.39, 0.29) is 0 Å². The number of ether oxygens (including phenoxy) is 1. The number of aryl methyl sites for hydroxylation is 1. The standard InChI is InChI=1S/C27H32N4O/c1-19-23-13-15-31(26-10-4-7-21-6-2-3-9-24(21)26)17-25(23)29-27(28-19)32-18-22-8-5-14-30(22)16-20-11-12-20/h2-4,6-7,9-10,20,22H,5,8,11-18H2,1H3/t22-/m0/s1. The van der Waals surface area contributed by atoms with Crippen LogP contribution in [-0.4, -0.2) is 47.2 Å². The van der Waals surface area contributed by atoms with Crippen molar-refractivity contribution in [3.63, 3.8) is 0 Å². The number of nitrogens with zero attached hydrogens (tertiary/aromatic N) is 4. The molecule has 1 aliphatic carbocycles. The normalized spacial score (nSPS) is 21.2. The van der Waals surface area contributed by atoms with Crippen molar-refractivity contribution in [3.05, 3.63) is 59.4 Å². The number of hydrogen-bond donors (Lipinski definition) is 0. The minimum absolute atomic E-state index is 0.516. The van der Waals surface area contributed by atoms with E-state index in [0.29, 0.717) is 18.7 Å². The topological polar surface area (TPSA) is 41.5 Å². The number of rotatable bonds is 6. The molecule has 166 valence electrons. The van der Waals surface area contributed by atoms with Crippen LogP contribution in [0.5, 0.6) is 6.01 Å². The van der Waals surface area contributed by atoms with E-state index < -0.39 is 0 Å². The first kappa shape index (κ1) is 20.0. The molecule has 0 bridgehead atoms. The molecule has 5 heteroatoms. The van der Waals surface area contributed by atoms with E-state index in [0.717, 1.165) is 36.8 Å². The first-order chi connectivity index (χ1) is 15.7. The first-order valence-corrected chi connectivity index (χ1v) is 12.2. The zero-order valence-electron chi connectivity index (χ0n) is 19.0. The first-order valence-electron chi connectivity index (χ1n) is 12.2. The summed E-state index contributed by atoms with van der Waals surface area (Å²) in [6, 6.07) is 16.3. The highest BCUT2D eigenvalue weighted by Crippen LogP contribution is 2.33. The van der Waals surface area contributed by atoms with Crippen molar-refractivity contribution in [3.8, 4) is 6.01 Å². The van der Waals surface area contributed by atoms with Gasteiger partial charge < -0.3 is 9.64 Å². The molecule has 3 aromatic rings. The van der Waals surface area contributed by atoms with E-state index in [2.05, 4.69) is 59.2 Å². The van der Waals surface area contributed by atoms with Crippen LogP contribution in [0, 0.1) is 12.8 Å². The Kier molecular flexibility index (Phi) is 5.22. The van der Waals surface area contributed by atoms with Gasteiger partial charge >= 0.3 is 6.01 Å². The van der Waals surface area contributed by atoms with E-state index in [1.54, 1.807) is 0 Å². The third-order valence-corrected chi connectivity index (χ3v) is 7.45. The molecule has 2 aliphatic heterocycles. The fourth-order valence-corrected chi connectivity index (χ4v) is 5.47. The quantitative estimate of drug-likeness (QED) is 0.567. The average Bonchev–Trinajstić information content (AvgIpc) is 3.53. The summed E-state index contributed by atoms with van der Waals surface area (Å²) in [6.07, 6.45) is 6.30. The van der Waals surface area contributed by atoms with Crippen molar-refractivity contribution in [2.45, 2.75) is 51.6 Å². The highest BCUT2D eigenvalue weighted by molar-refractivity contribution is 5.94. The summed E-state index contributed by atoms with van der Waals surface area (Å²) in [7, 11) is 0. The van der Waals surface area contributed by atoms with Gasteiger partial charge in [-0.1, -0.05) is 36.4 Å². The summed E-state index contributed by atoms with van der Waals surface area (Å²) in [5.41, 5.74) is 4.77. The zero-order chi connectivity index (χ0) is 21.5. The Morgan fingerprint density at radius 2 is 1.88 bits per heavy atom. The lowest BCUT2D eigenvalue weighted by Gasteiger charge is -2.31. The molecule has 3 aliphatic rings. The Bertz CT molecular complexity index is 1120. The van der Waals surface area contributed by atoms with E-state index in [1.165, 1.54) is 60.8 Å². The van der Waals surface area contributed by atoms with Gasteiger partial charge in [0.15, 0.2) is 0 Å². The minimum atomic E-state index is 0.516. The molecule has 6 rings (SSSR count). The molecule has 0 amide bonds. The lowest BCUT2D eigenvalue weighted by molar-refractivity contribution is 0.160. The van der Waals surface area contributed by atoms with Crippen molar-refractivity contribution in [2.24, 2.45) is 5.92 Å². The summed E-state index contributed by atoms with van der Waals surface area (Å²) in [6.45, 7) is 7.07. The van der Waals surface area contributed by atoms with Crippen LogP contribution in [-0.2, 0) is 13.0 Å². The van der Waals surface area contributed by atoms with E-state index in [1.807, 2.05) is 0 Å². The maximum atomic E-state index is 6.20. The average molecular weight is 429 g/mol. The van der Waals surface area contributed by atoms with Gasteiger partial charge in [-0.3, -0.25) is 4.90 Å². The highest BCUT2D eigenvalue weighted by atomic mass is 16.5. The van der Waals surface area contributed by atoms with Crippen LogP contribution in [0.1, 0.15) is 42.6 Å². The van der Waals surface area contributed by atoms with Gasteiger partial charge in [0.05, 0.1) is 12.2 Å². The Morgan fingerprint density at radius 3 is 2.78 bits per heavy atom. The van der Waals surface area contributed by atoms with Crippen LogP contribution in [0.25, 0.3) is 10.8 Å². The van der Waals surface area contributed by atoms with Gasteiger partial charge in [-0.2, -0.15) is 4.98 Å². The molecule has 0 unspecified atom stereocenters. The summed E-state index contributed by atoms with van der Waals surface area (Å²) in [5.74, 6) is 0.929. The lowest BCUT2D eigenvalue weighted by Crippen LogP contribution is -2.36. The maximum absolute atomic E-state index is 6.20. The fourth-order valence-electron chi connectivity index (χ4n) is 5.47. The van der Waals surface area contributed by atoms with Crippen molar-refractivity contribution in [2.75, 3.05) is 31.1 Å². The van der Waals surface area contributed by atoms with Gasteiger partial charge in [-0.25, -0.2) is 4.98 Å². The van der Waals surface area contributed by atoms with Crippen LogP contribution >= 0.6 is 0 Å². The molecule has 32 heavy (non-hydrogen) atoms. The molecule has 2 aromatic carbocycles. The predicted molar refractivity (Wildman–Crippen MR) is 128 cm³/mol. The summed E-state index contributed by atoms with van der Waals surface area (Å²) >= 11 is 0. The molecular weight excluding hydrogens is 396 g/mol. The lowest BCUT2D eigenvalue weighted by atomic mass is 10.0.